The first kappa shape index (κ1) is 14.2. The van der Waals surface area contributed by atoms with Crippen molar-refractivity contribution >= 4 is 11.8 Å². The van der Waals surface area contributed by atoms with Crippen molar-refractivity contribution in [1.82, 2.24) is 4.98 Å². The zero-order valence-electron chi connectivity index (χ0n) is 11.3. The fourth-order valence-electron chi connectivity index (χ4n) is 2.57. The molecule has 104 valence electrons. The third-order valence-electron chi connectivity index (χ3n) is 3.68. The van der Waals surface area contributed by atoms with E-state index < -0.39 is 17.3 Å². The first-order valence-electron chi connectivity index (χ1n) is 6.65. The summed E-state index contributed by atoms with van der Waals surface area (Å²) in [4.78, 5) is 28.0. The first-order chi connectivity index (χ1) is 9.63. The molecule has 20 heavy (non-hydrogen) atoms. The third kappa shape index (κ3) is 2.55. The predicted octanol–water partition coefficient (Wildman–Crippen LogP) is 1.78. The van der Waals surface area contributed by atoms with Gasteiger partial charge in [-0.15, -0.1) is 0 Å². The summed E-state index contributed by atoms with van der Waals surface area (Å²) in [6.45, 7) is 1.92. The number of hydrogen-bond acceptors (Lipinski definition) is 5. The zero-order valence-corrected chi connectivity index (χ0v) is 11.3. The molecule has 0 spiro atoms. The number of ketones is 1. The minimum absolute atomic E-state index is 0.148. The molecule has 5 nitrogen and oxygen atoms in total. The van der Waals surface area contributed by atoms with Gasteiger partial charge in [0.1, 0.15) is 17.1 Å². The highest BCUT2D eigenvalue weighted by molar-refractivity contribution is 6.00. The molecule has 0 saturated heterocycles. The van der Waals surface area contributed by atoms with Crippen LogP contribution in [-0.2, 0) is 19.7 Å². The molecular formula is C15H16N2O3. The topological polar surface area (TPSA) is 80.1 Å². The lowest BCUT2D eigenvalue weighted by Gasteiger charge is -2.33. The fraction of sp³-hybridized carbons (Fsp3) is 0.467. The molecule has 2 rings (SSSR count). The van der Waals surface area contributed by atoms with Gasteiger partial charge in [0, 0.05) is 12.6 Å². The summed E-state index contributed by atoms with van der Waals surface area (Å²) in [5, 5.41) is 9.56. The maximum Gasteiger partial charge on any atom is 0.316 e. The third-order valence-corrected chi connectivity index (χ3v) is 3.68. The van der Waals surface area contributed by atoms with E-state index in [1.54, 1.807) is 31.3 Å². The number of aromatic nitrogens is 1. The average molecular weight is 272 g/mol. The van der Waals surface area contributed by atoms with Crippen molar-refractivity contribution in [3.63, 3.8) is 0 Å². The number of esters is 1. The average Bonchev–Trinajstić information content (AvgIpc) is 2.49. The Labute approximate surface area is 117 Å². The van der Waals surface area contributed by atoms with Crippen LogP contribution in [-0.4, -0.2) is 23.3 Å². The Hall–Kier alpha value is -2.22. The Morgan fingerprint density at radius 2 is 2.40 bits per heavy atom. The summed E-state index contributed by atoms with van der Waals surface area (Å²) in [5.74, 6) is -1.54. The van der Waals surface area contributed by atoms with Gasteiger partial charge in [-0.05, 0) is 31.9 Å². The van der Waals surface area contributed by atoms with Crippen LogP contribution >= 0.6 is 0 Å². The van der Waals surface area contributed by atoms with Crippen molar-refractivity contribution in [2.45, 2.75) is 31.6 Å². The van der Waals surface area contributed by atoms with Gasteiger partial charge in [0.05, 0.1) is 18.4 Å². The number of rotatable bonds is 3. The molecule has 1 aromatic rings. The highest BCUT2D eigenvalue weighted by Gasteiger charge is 2.46. The molecule has 0 N–H and O–H groups in total. The largest absolute Gasteiger partial charge is 0.465 e. The van der Waals surface area contributed by atoms with Gasteiger partial charge in [-0.2, -0.15) is 5.26 Å². The molecule has 0 bridgehead atoms. The Kier molecular flexibility index (Phi) is 4.14. The lowest BCUT2D eigenvalue weighted by Crippen LogP contribution is -2.41. The van der Waals surface area contributed by atoms with Gasteiger partial charge in [-0.1, -0.05) is 6.07 Å². The predicted molar refractivity (Wildman–Crippen MR) is 70.5 cm³/mol. The minimum Gasteiger partial charge on any atom is -0.465 e. The second-order valence-corrected chi connectivity index (χ2v) is 4.88. The van der Waals surface area contributed by atoms with E-state index in [4.69, 9.17) is 4.74 Å². The van der Waals surface area contributed by atoms with E-state index in [-0.39, 0.29) is 25.2 Å². The Morgan fingerprint density at radius 1 is 1.60 bits per heavy atom. The van der Waals surface area contributed by atoms with E-state index in [0.29, 0.717) is 12.1 Å². The number of hydrogen-bond donors (Lipinski definition) is 0. The van der Waals surface area contributed by atoms with Crippen LogP contribution in [0.5, 0.6) is 0 Å². The second kappa shape index (κ2) is 5.83. The molecule has 0 radical (unpaired) electrons. The molecule has 1 aliphatic rings. The zero-order chi connectivity index (χ0) is 14.6. The monoisotopic (exact) mass is 272 g/mol. The molecule has 2 atom stereocenters. The molecule has 1 unspecified atom stereocenters. The first-order valence-corrected chi connectivity index (χ1v) is 6.65. The van der Waals surface area contributed by atoms with Crippen LogP contribution in [0.25, 0.3) is 0 Å². The number of pyridine rings is 1. The van der Waals surface area contributed by atoms with Crippen molar-refractivity contribution in [1.29, 1.82) is 5.26 Å². The van der Waals surface area contributed by atoms with Gasteiger partial charge in [0.25, 0.3) is 0 Å². The number of carbonyl (C=O) groups is 2. The van der Waals surface area contributed by atoms with E-state index >= 15 is 0 Å². The molecule has 1 aromatic heterocycles. The van der Waals surface area contributed by atoms with E-state index in [1.807, 2.05) is 0 Å². The second-order valence-electron chi connectivity index (χ2n) is 4.88. The quantitative estimate of drug-likeness (QED) is 0.619. The fourth-order valence-corrected chi connectivity index (χ4v) is 2.57. The summed E-state index contributed by atoms with van der Waals surface area (Å²) in [6.07, 6.45) is 2.37. The van der Waals surface area contributed by atoms with Crippen LogP contribution < -0.4 is 0 Å². The minimum atomic E-state index is -0.882. The Balaban J connectivity index is 2.31. The molecule has 5 heteroatoms. The SMILES string of the molecule is CCOC(=O)C1C[C@@](C#N)(c2ccccn2)CCC1=O. The number of nitrogens with zero attached hydrogens (tertiary/aromatic N) is 2. The van der Waals surface area contributed by atoms with Crippen LogP contribution in [0.2, 0.25) is 0 Å². The number of ether oxygens (including phenoxy) is 1. The van der Waals surface area contributed by atoms with Gasteiger partial charge in [-0.25, -0.2) is 0 Å². The molecule has 1 fully saturated rings. The van der Waals surface area contributed by atoms with Gasteiger partial charge in [0.2, 0.25) is 0 Å². The number of nitriles is 1. The summed E-state index contributed by atoms with van der Waals surface area (Å²) in [5.41, 5.74) is -0.267. The van der Waals surface area contributed by atoms with Crippen LogP contribution in [0.4, 0.5) is 0 Å². The number of Topliss-reactive ketones (excluding diaryl/α,β-unsaturated/α-hetero) is 1. The molecule has 1 heterocycles. The summed E-state index contributed by atoms with van der Waals surface area (Å²) in [6, 6.07) is 7.60. The summed E-state index contributed by atoms with van der Waals surface area (Å²) >= 11 is 0. The van der Waals surface area contributed by atoms with E-state index in [2.05, 4.69) is 11.1 Å². The van der Waals surface area contributed by atoms with Crippen LogP contribution in [0.3, 0.4) is 0 Å². The molecule has 1 saturated carbocycles. The van der Waals surface area contributed by atoms with Crippen molar-refractivity contribution in [2.75, 3.05) is 6.61 Å². The number of carbonyl (C=O) groups excluding carboxylic acids is 2. The van der Waals surface area contributed by atoms with E-state index in [9.17, 15) is 14.9 Å². The standard InChI is InChI=1S/C15H16N2O3/c1-2-20-14(19)11-9-15(10-16,7-6-12(11)18)13-5-3-4-8-17-13/h3-5,8,11H,2,6-7,9H2,1H3/t11?,15-/m0/s1. The van der Waals surface area contributed by atoms with Gasteiger partial charge >= 0.3 is 5.97 Å². The normalized spacial score (nSPS) is 25.8. The molecule has 0 aliphatic heterocycles. The van der Waals surface area contributed by atoms with Gasteiger partial charge in [-0.3, -0.25) is 14.6 Å². The highest BCUT2D eigenvalue weighted by atomic mass is 16.5. The Morgan fingerprint density at radius 3 is 3.00 bits per heavy atom. The summed E-state index contributed by atoms with van der Waals surface area (Å²) in [7, 11) is 0. The van der Waals surface area contributed by atoms with Gasteiger partial charge in [0.15, 0.2) is 0 Å². The molecular weight excluding hydrogens is 256 g/mol. The van der Waals surface area contributed by atoms with Crippen LogP contribution in [0.1, 0.15) is 31.9 Å². The molecule has 0 aromatic carbocycles. The Bertz CT molecular complexity index is 550. The van der Waals surface area contributed by atoms with Crippen LogP contribution in [0, 0.1) is 17.2 Å². The maximum atomic E-state index is 11.9. The maximum absolute atomic E-state index is 11.9. The molecule has 0 amide bonds. The lowest BCUT2D eigenvalue weighted by molar-refractivity contribution is -0.153. The molecule has 1 aliphatic carbocycles. The van der Waals surface area contributed by atoms with E-state index in [0.717, 1.165) is 0 Å². The van der Waals surface area contributed by atoms with Crippen molar-refractivity contribution in [3.8, 4) is 6.07 Å². The smallest absolute Gasteiger partial charge is 0.316 e. The van der Waals surface area contributed by atoms with Crippen LogP contribution in [0.15, 0.2) is 24.4 Å². The summed E-state index contributed by atoms with van der Waals surface area (Å²) < 4.78 is 4.94. The highest BCUT2D eigenvalue weighted by Crippen LogP contribution is 2.39. The van der Waals surface area contributed by atoms with E-state index in [1.165, 1.54) is 0 Å². The lowest BCUT2D eigenvalue weighted by atomic mass is 9.68. The van der Waals surface area contributed by atoms with Crippen molar-refractivity contribution in [3.05, 3.63) is 30.1 Å². The van der Waals surface area contributed by atoms with Crippen molar-refractivity contribution in [2.24, 2.45) is 5.92 Å². The van der Waals surface area contributed by atoms with Gasteiger partial charge < -0.3 is 4.74 Å². The van der Waals surface area contributed by atoms with Crippen molar-refractivity contribution < 1.29 is 14.3 Å².